The topological polar surface area (TPSA) is 103 Å². The van der Waals surface area contributed by atoms with E-state index in [0.29, 0.717) is 25.6 Å². The number of amides is 1. The second-order valence-electron chi connectivity index (χ2n) is 6.26. The summed E-state index contributed by atoms with van der Waals surface area (Å²) in [5, 5.41) is 14.4. The van der Waals surface area contributed by atoms with Crippen molar-refractivity contribution in [2.24, 2.45) is 0 Å². The highest BCUT2D eigenvalue weighted by Gasteiger charge is 2.31. The number of carbonyl (C=O) groups excluding carboxylic acids is 1. The molecule has 0 spiro atoms. The zero-order valence-electron chi connectivity index (χ0n) is 14.5. The van der Waals surface area contributed by atoms with E-state index in [9.17, 15) is 28.1 Å². The average Bonchev–Trinajstić information content (AvgIpc) is 3.10. The Balaban J connectivity index is 1.57. The van der Waals surface area contributed by atoms with Gasteiger partial charge in [-0.15, -0.1) is 0 Å². The molecule has 28 heavy (non-hydrogen) atoms. The summed E-state index contributed by atoms with van der Waals surface area (Å²) in [5.41, 5.74) is -1.07. The van der Waals surface area contributed by atoms with E-state index in [1.807, 2.05) is 0 Å². The molecule has 2 aromatic rings. The summed E-state index contributed by atoms with van der Waals surface area (Å²) in [7, 11) is 0. The first kappa shape index (κ1) is 19.6. The number of hydrogen-bond donors (Lipinski definition) is 0. The number of nitro groups is 1. The molecule has 2 aromatic heterocycles. The van der Waals surface area contributed by atoms with Crippen molar-refractivity contribution >= 4 is 11.6 Å². The molecule has 1 atom stereocenters. The first-order chi connectivity index (χ1) is 13.2. The fraction of sp³-hybridized carbons (Fsp3) is 0.438. The predicted molar refractivity (Wildman–Crippen MR) is 88.4 cm³/mol. The molecule has 1 amide bonds. The molecule has 150 valence electrons. The number of ether oxygens (including phenoxy) is 1. The van der Waals surface area contributed by atoms with Crippen LogP contribution in [-0.4, -0.2) is 49.7 Å². The number of alkyl halides is 3. The number of pyridine rings is 1. The summed E-state index contributed by atoms with van der Waals surface area (Å²) in [6.45, 7) is 0.576. The van der Waals surface area contributed by atoms with Crippen LogP contribution in [0, 0.1) is 10.1 Å². The molecular weight excluding hydrogens is 383 g/mol. The Morgan fingerprint density at radius 2 is 2.14 bits per heavy atom. The van der Waals surface area contributed by atoms with E-state index in [2.05, 4.69) is 10.1 Å². The molecule has 1 aliphatic heterocycles. The summed E-state index contributed by atoms with van der Waals surface area (Å²) in [6, 6.07) is 2.03. The van der Waals surface area contributed by atoms with Gasteiger partial charge < -0.3 is 9.64 Å². The molecule has 12 heteroatoms. The molecule has 0 aromatic carbocycles. The highest BCUT2D eigenvalue weighted by atomic mass is 19.4. The Labute approximate surface area is 156 Å². The van der Waals surface area contributed by atoms with Gasteiger partial charge in [-0.1, -0.05) is 0 Å². The Kier molecular flexibility index (Phi) is 5.47. The molecule has 1 aliphatic rings. The number of carbonyl (C=O) groups is 1. The number of halogens is 3. The van der Waals surface area contributed by atoms with E-state index in [4.69, 9.17) is 4.74 Å². The minimum atomic E-state index is -4.47. The van der Waals surface area contributed by atoms with E-state index in [1.54, 1.807) is 0 Å². The maximum atomic E-state index is 12.6. The summed E-state index contributed by atoms with van der Waals surface area (Å²) in [4.78, 5) is 27.7. The van der Waals surface area contributed by atoms with Gasteiger partial charge in [0.25, 0.3) is 0 Å². The van der Waals surface area contributed by atoms with Crippen molar-refractivity contribution in [1.29, 1.82) is 0 Å². The number of aromatic nitrogens is 3. The largest absolute Gasteiger partial charge is 0.472 e. The van der Waals surface area contributed by atoms with Gasteiger partial charge >= 0.3 is 11.9 Å². The Hall–Kier alpha value is -3.18. The normalized spacial score (nSPS) is 17.4. The van der Waals surface area contributed by atoms with Gasteiger partial charge in [0.2, 0.25) is 11.8 Å². The molecule has 3 heterocycles. The first-order valence-corrected chi connectivity index (χ1v) is 8.37. The maximum absolute atomic E-state index is 12.6. The lowest BCUT2D eigenvalue weighted by atomic mass is 10.1. The SMILES string of the molecule is O=C(Cn1cc([N+](=O)[O-])cn1)N1CCC[C@H](Oc2ccc(C(F)(F)F)cn2)C1. The third-order valence-electron chi connectivity index (χ3n) is 4.21. The number of hydrogen-bond acceptors (Lipinski definition) is 6. The van der Waals surface area contributed by atoms with E-state index in [1.165, 1.54) is 15.8 Å². The monoisotopic (exact) mass is 399 g/mol. The van der Waals surface area contributed by atoms with Gasteiger partial charge in [0.05, 0.1) is 17.0 Å². The lowest BCUT2D eigenvalue weighted by Gasteiger charge is -2.32. The summed E-state index contributed by atoms with van der Waals surface area (Å²) in [6.07, 6.45) is -0.676. The van der Waals surface area contributed by atoms with Crippen LogP contribution in [-0.2, 0) is 17.5 Å². The first-order valence-electron chi connectivity index (χ1n) is 8.37. The fourth-order valence-corrected chi connectivity index (χ4v) is 2.82. The van der Waals surface area contributed by atoms with Crippen LogP contribution < -0.4 is 4.74 Å². The lowest BCUT2D eigenvalue weighted by molar-refractivity contribution is -0.385. The molecule has 0 bridgehead atoms. The molecule has 0 radical (unpaired) electrons. The second kappa shape index (κ2) is 7.82. The van der Waals surface area contributed by atoms with Gasteiger partial charge in [-0.25, -0.2) is 4.98 Å². The standard InChI is InChI=1S/C16H16F3N5O4/c17-16(18,19)11-3-4-14(20-6-11)28-13-2-1-5-22(9-13)15(25)10-23-8-12(7-21-23)24(26)27/h3-4,6-8,13H,1-2,5,9-10H2/t13-/m0/s1. The van der Waals surface area contributed by atoms with Crippen molar-refractivity contribution in [3.8, 4) is 5.88 Å². The van der Waals surface area contributed by atoms with Crippen LogP contribution in [0.15, 0.2) is 30.7 Å². The molecule has 1 saturated heterocycles. The van der Waals surface area contributed by atoms with E-state index in [-0.39, 0.29) is 30.6 Å². The van der Waals surface area contributed by atoms with E-state index < -0.39 is 22.8 Å². The minimum absolute atomic E-state index is 0.0509. The van der Waals surface area contributed by atoms with Gasteiger partial charge in [0.1, 0.15) is 25.0 Å². The van der Waals surface area contributed by atoms with Crippen LogP contribution in [0.25, 0.3) is 0 Å². The molecule has 0 aliphatic carbocycles. The van der Waals surface area contributed by atoms with Gasteiger partial charge in [0.15, 0.2) is 0 Å². The summed E-state index contributed by atoms with van der Waals surface area (Å²) in [5.74, 6) is -0.235. The third kappa shape index (κ3) is 4.75. The third-order valence-corrected chi connectivity index (χ3v) is 4.21. The zero-order valence-corrected chi connectivity index (χ0v) is 14.5. The van der Waals surface area contributed by atoms with Crippen LogP contribution in [0.1, 0.15) is 18.4 Å². The molecule has 1 fully saturated rings. The highest BCUT2D eigenvalue weighted by Crippen LogP contribution is 2.29. The van der Waals surface area contributed by atoms with Crippen LogP contribution in [0.5, 0.6) is 5.88 Å². The molecule has 9 nitrogen and oxygen atoms in total. The van der Waals surface area contributed by atoms with Crippen molar-refractivity contribution < 1.29 is 27.6 Å². The lowest BCUT2D eigenvalue weighted by Crippen LogP contribution is -2.45. The molecular formula is C16H16F3N5O4. The van der Waals surface area contributed by atoms with Crippen molar-refractivity contribution in [1.82, 2.24) is 19.7 Å². The van der Waals surface area contributed by atoms with Crippen LogP contribution in [0.2, 0.25) is 0 Å². The second-order valence-corrected chi connectivity index (χ2v) is 6.26. The Morgan fingerprint density at radius 1 is 1.36 bits per heavy atom. The van der Waals surface area contributed by atoms with E-state index in [0.717, 1.165) is 18.3 Å². The molecule has 3 rings (SSSR count). The quantitative estimate of drug-likeness (QED) is 0.564. The fourth-order valence-electron chi connectivity index (χ4n) is 2.82. The number of nitrogens with zero attached hydrogens (tertiary/aromatic N) is 5. The minimum Gasteiger partial charge on any atom is -0.472 e. The molecule has 0 saturated carbocycles. The smallest absolute Gasteiger partial charge is 0.417 e. The highest BCUT2D eigenvalue weighted by molar-refractivity contribution is 5.76. The van der Waals surface area contributed by atoms with Crippen molar-refractivity contribution in [2.45, 2.75) is 31.7 Å². The van der Waals surface area contributed by atoms with Crippen LogP contribution >= 0.6 is 0 Å². The van der Waals surface area contributed by atoms with Crippen molar-refractivity contribution in [2.75, 3.05) is 13.1 Å². The maximum Gasteiger partial charge on any atom is 0.417 e. The van der Waals surface area contributed by atoms with Gasteiger partial charge in [-0.2, -0.15) is 18.3 Å². The number of likely N-dealkylation sites (tertiary alicyclic amines) is 1. The van der Waals surface area contributed by atoms with Crippen molar-refractivity contribution in [3.63, 3.8) is 0 Å². The molecule has 0 N–H and O–H groups in total. The van der Waals surface area contributed by atoms with Gasteiger partial charge in [-0.3, -0.25) is 19.6 Å². The average molecular weight is 399 g/mol. The van der Waals surface area contributed by atoms with Crippen molar-refractivity contribution in [3.05, 3.63) is 46.4 Å². The molecule has 0 unspecified atom stereocenters. The predicted octanol–water partition coefficient (Wildman–Crippen LogP) is 2.28. The van der Waals surface area contributed by atoms with Gasteiger partial charge in [-0.05, 0) is 18.9 Å². The van der Waals surface area contributed by atoms with Crippen LogP contribution in [0.3, 0.4) is 0 Å². The van der Waals surface area contributed by atoms with E-state index >= 15 is 0 Å². The number of rotatable bonds is 5. The zero-order chi connectivity index (χ0) is 20.3. The Bertz CT molecular complexity index is 853. The number of piperidine rings is 1. The summed E-state index contributed by atoms with van der Waals surface area (Å²) >= 11 is 0. The Morgan fingerprint density at radius 3 is 2.75 bits per heavy atom. The van der Waals surface area contributed by atoms with Gasteiger partial charge in [0, 0.05) is 18.8 Å². The van der Waals surface area contributed by atoms with Crippen LogP contribution in [0.4, 0.5) is 18.9 Å². The summed E-state index contributed by atoms with van der Waals surface area (Å²) < 4.78 is 44.5.